The third kappa shape index (κ3) is 6.96. The van der Waals surface area contributed by atoms with Gasteiger partial charge in [0.1, 0.15) is 25.4 Å². The largest absolute Gasteiger partial charge is 0.491 e. The fourth-order valence-electron chi connectivity index (χ4n) is 1.74. The number of ether oxygens (including phenoxy) is 2. The molecule has 0 aliphatic carbocycles. The minimum absolute atomic E-state index is 0.587. The highest BCUT2D eigenvalue weighted by Crippen LogP contribution is 2.18. The van der Waals surface area contributed by atoms with Gasteiger partial charge in [-0.25, -0.2) is 0 Å². The molecule has 0 heterocycles. The summed E-state index contributed by atoms with van der Waals surface area (Å²) in [5.74, 6) is 0.926. The Hall–Kier alpha value is -1.36. The molecular weight excluding hydrogens is 240 g/mol. The van der Waals surface area contributed by atoms with Gasteiger partial charge < -0.3 is 20.5 Å². The quantitative estimate of drug-likeness (QED) is 0.423. The van der Waals surface area contributed by atoms with Crippen molar-refractivity contribution < 1.29 is 20.5 Å². The second-order valence-electron chi connectivity index (χ2n) is 4.28. The van der Waals surface area contributed by atoms with E-state index in [9.17, 15) is 0 Å². The lowest BCUT2D eigenvalue weighted by Gasteiger charge is -2.10. The average Bonchev–Trinajstić information content (AvgIpc) is 2.44. The number of nitrogens with two attached hydrogens (primary N) is 1. The predicted octanol–water partition coefficient (Wildman–Crippen LogP) is -0.384. The first-order valence-electron chi connectivity index (χ1n) is 6.88. The Morgan fingerprint density at radius 2 is 2.00 bits per heavy atom. The number of hydrogen-bond donors (Lipinski definition) is 2. The van der Waals surface area contributed by atoms with Crippen molar-refractivity contribution in [3.05, 3.63) is 42.5 Å². The first kappa shape index (κ1) is 15.7. The van der Waals surface area contributed by atoms with E-state index in [2.05, 4.69) is 23.7 Å². The molecule has 0 unspecified atom stereocenters. The Bertz CT molecular complexity index is 356. The minimum Gasteiger partial charge on any atom is -0.491 e. The topological polar surface area (TPSA) is 62.7 Å². The molecule has 0 atom stereocenters. The average molecular weight is 266 g/mol. The van der Waals surface area contributed by atoms with Crippen molar-refractivity contribution in [1.29, 1.82) is 0 Å². The standard InChI is InChI=1S/C15H24N2O2/c1-2-5-14-6-3-4-7-15(14)19-13-12-18-11-10-17-9-8-16/h2-4,6-7,17H,1,5,8-13,16H2/p+2. The zero-order valence-corrected chi connectivity index (χ0v) is 11.6. The molecule has 1 aromatic rings. The molecule has 1 rings (SSSR count). The van der Waals surface area contributed by atoms with Crippen LogP contribution in [0.15, 0.2) is 36.9 Å². The van der Waals surface area contributed by atoms with Gasteiger partial charge in [-0.3, -0.25) is 0 Å². The van der Waals surface area contributed by atoms with Gasteiger partial charge in [0.25, 0.3) is 0 Å². The Morgan fingerprint density at radius 1 is 1.16 bits per heavy atom. The van der Waals surface area contributed by atoms with Crippen molar-refractivity contribution in [2.45, 2.75) is 6.42 Å². The van der Waals surface area contributed by atoms with Crippen LogP contribution in [0.1, 0.15) is 5.56 Å². The fourth-order valence-corrected chi connectivity index (χ4v) is 1.74. The van der Waals surface area contributed by atoms with Gasteiger partial charge in [0.05, 0.1) is 19.8 Å². The highest BCUT2D eigenvalue weighted by molar-refractivity contribution is 5.34. The van der Waals surface area contributed by atoms with Crippen LogP contribution in [0.5, 0.6) is 5.75 Å². The number of allylic oxidation sites excluding steroid dienone is 1. The lowest BCUT2D eigenvalue weighted by molar-refractivity contribution is -0.671. The minimum atomic E-state index is 0.587. The number of hydrogen-bond acceptors (Lipinski definition) is 2. The van der Waals surface area contributed by atoms with Gasteiger partial charge in [-0.2, -0.15) is 0 Å². The highest BCUT2D eigenvalue weighted by Gasteiger charge is 2.00. The molecular formula is C15H26N2O2+2. The molecule has 0 radical (unpaired) electrons. The van der Waals surface area contributed by atoms with Crippen molar-refractivity contribution in [2.24, 2.45) is 0 Å². The van der Waals surface area contributed by atoms with Crippen LogP contribution < -0.4 is 15.8 Å². The van der Waals surface area contributed by atoms with E-state index in [1.165, 1.54) is 5.56 Å². The summed E-state index contributed by atoms with van der Waals surface area (Å²) in [4.78, 5) is 0. The van der Waals surface area contributed by atoms with Crippen LogP contribution in [0.2, 0.25) is 0 Å². The Morgan fingerprint density at radius 3 is 2.79 bits per heavy atom. The maximum absolute atomic E-state index is 5.72. The summed E-state index contributed by atoms with van der Waals surface area (Å²) >= 11 is 0. The number of benzene rings is 1. The van der Waals surface area contributed by atoms with Crippen molar-refractivity contribution in [3.8, 4) is 5.75 Å². The summed E-state index contributed by atoms with van der Waals surface area (Å²) < 4.78 is 11.2. The van der Waals surface area contributed by atoms with E-state index in [4.69, 9.17) is 9.47 Å². The first-order chi connectivity index (χ1) is 9.38. The molecule has 19 heavy (non-hydrogen) atoms. The smallest absolute Gasteiger partial charge is 0.125 e. The summed E-state index contributed by atoms with van der Waals surface area (Å²) in [6.45, 7) is 8.74. The van der Waals surface area contributed by atoms with Gasteiger partial charge in [0.15, 0.2) is 0 Å². The number of quaternary nitrogens is 2. The van der Waals surface area contributed by atoms with E-state index in [0.717, 1.165) is 38.4 Å². The normalized spacial score (nSPS) is 10.4. The van der Waals surface area contributed by atoms with Crippen LogP contribution in [-0.2, 0) is 11.2 Å². The van der Waals surface area contributed by atoms with Gasteiger partial charge in [0, 0.05) is 0 Å². The van der Waals surface area contributed by atoms with E-state index >= 15 is 0 Å². The van der Waals surface area contributed by atoms with Crippen molar-refractivity contribution >= 4 is 0 Å². The van der Waals surface area contributed by atoms with Crippen LogP contribution in [0.25, 0.3) is 0 Å². The predicted molar refractivity (Wildman–Crippen MR) is 76.1 cm³/mol. The molecule has 0 aliphatic heterocycles. The Kier molecular flexibility index (Phi) is 8.72. The molecule has 0 aliphatic rings. The Balaban J connectivity index is 2.13. The SMILES string of the molecule is C=CCc1ccccc1OCCOCC[NH2+]CC[NH3+]. The molecule has 0 saturated carbocycles. The monoisotopic (exact) mass is 266 g/mol. The van der Waals surface area contributed by atoms with Gasteiger partial charge in [0.2, 0.25) is 0 Å². The molecule has 4 nitrogen and oxygen atoms in total. The Labute approximate surface area is 115 Å². The van der Waals surface area contributed by atoms with Gasteiger partial charge in [-0.1, -0.05) is 24.3 Å². The second kappa shape index (κ2) is 10.6. The summed E-state index contributed by atoms with van der Waals surface area (Å²) in [7, 11) is 0. The summed E-state index contributed by atoms with van der Waals surface area (Å²) in [5.41, 5.74) is 4.96. The third-order valence-electron chi connectivity index (χ3n) is 2.70. The number of para-hydroxylation sites is 1. The van der Waals surface area contributed by atoms with Crippen LogP contribution >= 0.6 is 0 Å². The molecule has 0 fully saturated rings. The first-order valence-corrected chi connectivity index (χ1v) is 6.88. The maximum Gasteiger partial charge on any atom is 0.125 e. The summed E-state index contributed by atoms with van der Waals surface area (Å²) in [6.07, 6.45) is 2.72. The van der Waals surface area contributed by atoms with Gasteiger partial charge in [-0.15, -0.1) is 6.58 Å². The van der Waals surface area contributed by atoms with E-state index in [1.54, 1.807) is 0 Å². The fraction of sp³-hybridized carbons (Fsp3) is 0.467. The van der Waals surface area contributed by atoms with Crippen LogP contribution in [0.4, 0.5) is 0 Å². The molecule has 0 bridgehead atoms. The lowest BCUT2D eigenvalue weighted by atomic mass is 10.1. The molecule has 4 heteroatoms. The molecule has 1 aromatic carbocycles. The van der Waals surface area contributed by atoms with Crippen LogP contribution in [0, 0.1) is 0 Å². The third-order valence-corrected chi connectivity index (χ3v) is 2.70. The lowest BCUT2D eigenvalue weighted by Crippen LogP contribution is -2.88. The van der Waals surface area contributed by atoms with Crippen molar-refractivity contribution in [3.63, 3.8) is 0 Å². The molecule has 0 spiro atoms. The van der Waals surface area contributed by atoms with E-state index < -0.39 is 0 Å². The molecule has 0 saturated heterocycles. The van der Waals surface area contributed by atoms with E-state index in [1.807, 2.05) is 24.3 Å². The van der Waals surface area contributed by atoms with Crippen LogP contribution in [0.3, 0.4) is 0 Å². The zero-order valence-electron chi connectivity index (χ0n) is 11.6. The van der Waals surface area contributed by atoms with Gasteiger partial charge in [-0.05, 0) is 18.1 Å². The zero-order chi connectivity index (χ0) is 13.8. The van der Waals surface area contributed by atoms with Crippen LogP contribution in [-0.4, -0.2) is 39.5 Å². The molecule has 5 N–H and O–H groups in total. The molecule has 106 valence electrons. The van der Waals surface area contributed by atoms with Crippen molar-refractivity contribution in [2.75, 3.05) is 39.5 Å². The molecule has 0 amide bonds. The van der Waals surface area contributed by atoms with E-state index in [0.29, 0.717) is 13.2 Å². The molecule has 0 aromatic heterocycles. The summed E-state index contributed by atoms with van der Waals surface area (Å²) in [5, 5.41) is 2.22. The highest BCUT2D eigenvalue weighted by atomic mass is 16.5. The second-order valence-corrected chi connectivity index (χ2v) is 4.28. The summed E-state index contributed by atoms with van der Waals surface area (Å²) in [6, 6.07) is 8.05. The van der Waals surface area contributed by atoms with Crippen molar-refractivity contribution in [1.82, 2.24) is 0 Å². The maximum atomic E-state index is 5.72. The van der Waals surface area contributed by atoms with Gasteiger partial charge >= 0.3 is 0 Å². The number of rotatable bonds is 11. The van der Waals surface area contributed by atoms with E-state index in [-0.39, 0.29) is 0 Å².